The highest BCUT2D eigenvalue weighted by atomic mass is 19.3. The van der Waals surface area contributed by atoms with E-state index < -0.39 is 18.4 Å². The zero-order valence-corrected chi connectivity index (χ0v) is 11.2. The molecule has 7 heteroatoms. The Morgan fingerprint density at radius 1 is 1.35 bits per heavy atom. The van der Waals surface area contributed by atoms with Gasteiger partial charge in [-0.25, -0.2) is 8.78 Å². The van der Waals surface area contributed by atoms with Gasteiger partial charge in [0, 0.05) is 23.6 Å². The van der Waals surface area contributed by atoms with E-state index in [2.05, 4.69) is 0 Å². The van der Waals surface area contributed by atoms with Crippen molar-refractivity contribution in [1.29, 1.82) is 0 Å². The molecule has 0 aliphatic carbocycles. The van der Waals surface area contributed by atoms with Gasteiger partial charge >= 0.3 is 5.97 Å². The molecule has 1 atom stereocenters. The molecule has 0 saturated heterocycles. The molecule has 0 aliphatic heterocycles. The number of hydrogen-bond acceptors (Lipinski definition) is 4. The van der Waals surface area contributed by atoms with E-state index in [9.17, 15) is 13.6 Å². The van der Waals surface area contributed by atoms with Crippen LogP contribution in [-0.2, 0) is 4.79 Å². The van der Waals surface area contributed by atoms with Crippen LogP contribution >= 0.6 is 0 Å². The highest BCUT2D eigenvalue weighted by Crippen LogP contribution is 2.39. The second kappa shape index (κ2) is 7.04. The number of carboxylic acid groups (broad SMARTS) is 1. The number of alkyl halides is 2. The molecule has 0 amide bonds. The van der Waals surface area contributed by atoms with Gasteiger partial charge in [0.25, 0.3) is 6.43 Å². The van der Waals surface area contributed by atoms with Gasteiger partial charge in [0.15, 0.2) is 11.5 Å². The van der Waals surface area contributed by atoms with E-state index >= 15 is 0 Å². The number of methoxy groups -OCH3 is 2. The first kappa shape index (κ1) is 16.2. The summed E-state index contributed by atoms with van der Waals surface area (Å²) in [6, 6.07) is 1.67. The first-order valence-electron chi connectivity index (χ1n) is 5.92. The lowest BCUT2D eigenvalue weighted by atomic mass is 9.99. The third-order valence-corrected chi connectivity index (χ3v) is 2.85. The first-order valence-corrected chi connectivity index (χ1v) is 5.92. The minimum Gasteiger partial charge on any atom is -0.493 e. The monoisotopic (exact) mass is 289 g/mol. The molecule has 0 aliphatic rings. The molecule has 0 saturated carbocycles. The molecule has 1 aromatic rings. The van der Waals surface area contributed by atoms with Gasteiger partial charge in [0.1, 0.15) is 0 Å². The quantitative estimate of drug-likeness (QED) is 0.806. The van der Waals surface area contributed by atoms with E-state index in [1.165, 1.54) is 26.4 Å². The van der Waals surface area contributed by atoms with Gasteiger partial charge in [-0.15, -0.1) is 0 Å². The third kappa shape index (κ3) is 3.80. The lowest BCUT2D eigenvalue weighted by Gasteiger charge is -2.19. The van der Waals surface area contributed by atoms with Crippen LogP contribution in [0, 0.1) is 0 Å². The summed E-state index contributed by atoms with van der Waals surface area (Å²) in [6.07, 6.45) is -2.73. The van der Waals surface area contributed by atoms with Gasteiger partial charge in [-0.1, -0.05) is 0 Å². The molecule has 0 radical (unpaired) electrons. The maximum Gasteiger partial charge on any atom is 0.303 e. The van der Waals surface area contributed by atoms with Crippen LogP contribution in [0.2, 0.25) is 0 Å². The van der Waals surface area contributed by atoms with Gasteiger partial charge in [-0.3, -0.25) is 4.79 Å². The largest absolute Gasteiger partial charge is 0.493 e. The van der Waals surface area contributed by atoms with Crippen molar-refractivity contribution in [2.45, 2.75) is 25.3 Å². The fourth-order valence-corrected chi connectivity index (χ4v) is 1.85. The summed E-state index contributed by atoms with van der Waals surface area (Å²) in [5.41, 5.74) is 5.93. The summed E-state index contributed by atoms with van der Waals surface area (Å²) in [4.78, 5) is 10.6. The lowest BCUT2D eigenvalue weighted by Crippen LogP contribution is -2.14. The van der Waals surface area contributed by atoms with Crippen LogP contribution in [-0.4, -0.2) is 25.3 Å². The van der Waals surface area contributed by atoms with E-state index in [1.54, 1.807) is 0 Å². The van der Waals surface area contributed by atoms with Gasteiger partial charge in [0.2, 0.25) is 0 Å². The molecule has 112 valence electrons. The van der Waals surface area contributed by atoms with E-state index in [1.807, 2.05) is 0 Å². The third-order valence-electron chi connectivity index (χ3n) is 2.85. The van der Waals surface area contributed by atoms with Crippen LogP contribution in [0.1, 0.15) is 36.4 Å². The highest BCUT2D eigenvalue weighted by molar-refractivity contribution is 5.66. The summed E-state index contributed by atoms with van der Waals surface area (Å²) in [7, 11) is 2.70. The van der Waals surface area contributed by atoms with Crippen molar-refractivity contribution in [3.05, 3.63) is 23.3 Å². The van der Waals surface area contributed by atoms with Crippen LogP contribution in [0.15, 0.2) is 12.1 Å². The Morgan fingerprint density at radius 3 is 2.45 bits per heavy atom. The minimum atomic E-state index is -2.68. The van der Waals surface area contributed by atoms with Crippen LogP contribution in [0.5, 0.6) is 11.5 Å². The Kier molecular flexibility index (Phi) is 5.69. The smallest absolute Gasteiger partial charge is 0.303 e. The van der Waals surface area contributed by atoms with Gasteiger partial charge in [-0.05, 0) is 18.6 Å². The number of carboxylic acids is 1. The molecule has 0 heterocycles. The van der Waals surface area contributed by atoms with Crippen LogP contribution in [0.25, 0.3) is 0 Å². The number of aliphatic carboxylic acids is 1. The maximum atomic E-state index is 12.8. The lowest BCUT2D eigenvalue weighted by molar-refractivity contribution is -0.137. The second-order valence-electron chi connectivity index (χ2n) is 4.19. The Morgan fingerprint density at radius 2 is 2.00 bits per heavy atom. The number of halogens is 2. The minimum absolute atomic E-state index is 0.113. The molecule has 1 unspecified atom stereocenters. The Balaban J connectivity index is 3.19. The van der Waals surface area contributed by atoms with Crippen molar-refractivity contribution in [3.63, 3.8) is 0 Å². The van der Waals surface area contributed by atoms with Crippen molar-refractivity contribution >= 4 is 5.97 Å². The summed E-state index contributed by atoms with van der Waals surface area (Å²) < 4.78 is 35.8. The Labute approximate surface area is 115 Å². The van der Waals surface area contributed by atoms with Crippen molar-refractivity contribution < 1.29 is 28.2 Å². The Bertz CT molecular complexity index is 480. The molecular formula is C13H17F2NO4. The van der Waals surface area contributed by atoms with E-state index in [-0.39, 0.29) is 29.9 Å². The molecule has 1 aromatic carbocycles. The SMILES string of the molecule is COc1cc(C(F)F)cc(C(N)CCC(=O)O)c1OC. The molecule has 3 N–H and O–H groups in total. The molecule has 5 nitrogen and oxygen atoms in total. The van der Waals surface area contributed by atoms with Crippen LogP contribution in [0.3, 0.4) is 0 Å². The number of hydrogen-bond donors (Lipinski definition) is 2. The first-order chi connectivity index (χ1) is 9.40. The predicted octanol–water partition coefficient (Wildman–Crippen LogP) is 2.51. The maximum absolute atomic E-state index is 12.8. The Hall–Kier alpha value is -1.89. The number of ether oxygens (including phenoxy) is 2. The van der Waals surface area contributed by atoms with Crippen molar-refractivity contribution in [1.82, 2.24) is 0 Å². The number of benzene rings is 1. The molecule has 0 fully saturated rings. The standard InChI is InChI=1S/C13H17F2NO4/c1-19-10-6-7(13(14)15)5-8(12(10)20-2)9(16)3-4-11(17)18/h5-6,9,13H,3-4,16H2,1-2H3,(H,17,18). The van der Waals surface area contributed by atoms with Crippen molar-refractivity contribution in [2.24, 2.45) is 5.73 Å². The molecule has 0 aromatic heterocycles. The summed E-state index contributed by atoms with van der Waals surface area (Å²) in [6.45, 7) is 0. The fraction of sp³-hybridized carbons (Fsp3) is 0.462. The predicted molar refractivity (Wildman–Crippen MR) is 68.3 cm³/mol. The summed E-state index contributed by atoms with van der Waals surface area (Å²) in [5.74, 6) is -0.614. The van der Waals surface area contributed by atoms with Crippen LogP contribution in [0.4, 0.5) is 8.78 Å². The van der Waals surface area contributed by atoms with Gasteiger partial charge in [0.05, 0.1) is 14.2 Å². The number of carbonyl (C=O) groups is 1. The van der Waals surface area contributed by atoms with E-state index in [4.69, 9.17) is 20.3 Å². The van der Waals surface area contributed by atoms with Gasteiger partial charge in [-0.2, -0.15) is 0 Å². The number of rotatable bonds is 7. The van der Waals surface area contributed by atoms with Crippen molar-refractivity contribution in [2.75, 3.05) is 14.2 Å². The van der Waals surface area contributed by atoms with Crippen molar-refractivity contribution in [3.8, 4) is 11.5 Å². The normalized spacial score (nSPS) is 12.3. The fourth-order valence-electron chi connectivity index (χ4n) is 1.85. The van der Waals surface area contributed by atoms with Crippen LogP contribution < -0.4 is 15.2 Å². The average molecular weight is 289 g/mol. The zero-order chi connectivity index (χ0) is 15.3. The zero-order valence-electron chi connectivity index (χ0n) is 11.2. The van der Waals surface area contributed by atoms with Gasteiger partial charge < -0.3 is 20.3 Å². The highest BCUT2D eigenvalue weighted by Gasteiger charge is 2.21. The molecule has 0 bridgehead atoms. The molecule has 0 spiro atoms. The van der Waals surface area contributed by atoms with E-state index in [0.29, 0.717) is 5.56 Å². The summed E-state index contributed by atoms with van der Waals surface area (Å²) in [5, 5.41) is 8.65. The van der Waals surface area contributed by atoms with E-state index in [0.717, 1.165) is 0 Å². The second-order valence-corrected chi connectivity index (χ2v) is 4.19. The average Bonchev–Trinajstić information content (AvgIpc) is 2.42. The summed E-state index contributed by atoms with van der Waals surface area (Å²) >= 11 is 0. The molecular weight excluding hydrogens is 272 g/mol. The number of nitrogens with two attached hydrogens (primary N) is 1. The molecule has 1 rings (SSSR count). The molecule has 20 heavy (non-hydrogen) atoms. The topological polar surface area (TPSA) is 81.8 Å².